The van der Waals surface area contributed by atoms with Crippen molar-refractivity contribution >= 4 is 23.6 Å². The Hall–Kier alpha value is -2.97. The highest BCUT2D eigenvalue weighted by molar-refractivity contribution is 5.97. The molecule has 0 saturated heterocycles. The van der Waals surface area contributed by atoms with E-state index in [-0.39, 0.29) is 11.3 Å². The fraction of sp³-hybridized carbons (Fsp3) is 0.357. The summed E-state index contributed by atoms with van der Waals surface area (Å²) in [6, 6.07) is 4.19. The number of ether oxygens (including phenoxy) is 1. The number of nitro groups is 1. The molecule has 0 saturated carbocycles. The molecule has 0 radical (unpaired) electrons. The number of esters is 1. The van der Waals surface area contributed by atoms with Gasteiger partial charge in [0.25, 0.3) is 11.6 Å². The van der Waals surface area contributed by atoms with Crippen LogP contribution in [-0.4, -0.2) is 35.0 Å². The summed E-state index contributed by atoms with van der Waals surface area (Å²) < 4.78 is 4.70. The number of nitrogens with one attached hydrogen (secondary N) is 2. The average Bonchev–Trinajstić information content (AvgIpc) is 2.42. The molecule has 0 aromatic heterocycles. The summed E-state index contributed by atoms with van der Waals surface area (Å²) in [7, 11) is 0. The molecule has 124 valence electrons. The molecule has 1 rings (SSSR count). The summed E-state index contributed by atoms with van der Waals surface area (Å²) in [5.74, 6) is -1.72. The number of hydrogen-bond donors (Lipinski definition) is 2. The Morgan fingerprint density at radius 3 is 2.48 bits per heavy atom. The minimum atomic E-state index is -0.903. The Bertz CT molecular complexity index is 636. The molecule has 0 aliphatic heterocycles. The third kappa shape index (κ3) is 6.55. The van der Waals surface area contributed by atoms with E-state index in [0.717, 1.165) is 6.07 Å². The third-order valence-electron chi connectivity index (χ3n) is 2.37. The van der Waals surface area contributed by atoms with E-state index < -0.39 is 35.0 Å². The Morgan fingerprint density at radius 1 is 1.26 bits per heavy atom. The molecule has 3 amide bonds. The van der Waals surface area contributed by atoms with Crippen LogP contribution in [0.3, 0.4) is 0 Å². The van der Waals surface area contributed by atoms with Gasteiger partial charge in [-0.2, -0.15) is 0 Å². The monoisotopic (exact) mass is 323 g/mol. The molecule has 0 heterocycles. The normalized spacial score (nSPS) is 10.6. The van der Waals surface area contributed by atoms with Gasteiger partial charge in [-0.25, -0.2) is 9.59 Å². The van der Waals surface area contributed by atoms with Gasteiger partial charge in [0.1, 0.15) is 0 Å². The number of benzene rings is 1. The lowest BCUT2D eigenvalue weighted by molar-refractivity contribution is -0.384. The summed E-state index contributed by atoms with van der Waals surface area (Å²) >= 11 is 0. The van der Waals surface area contributed by atoms with Gasteiger partial charge >= 0.3 is 12.0 Å². The molecule has 2 N–H and O–H groups in total. The highest BCUT2D eigenvalue weighted by Crippen LogP contribution is 2.13. The molecule has 0 unspecified atom stereocenters. The van der Waals surface area contributed by atoms with Crippen molar-refractivity contribution in [3.8, 4) is 0 Å². The summed E-state index contributed by atoms with van der Waals surface area (Å²) in [6.45, 7) is 4.53. The summed E-state index contributed by atoms with van der Waals surface area (Å²) in [5.41, 5.74) is -0.858. The fourth-order valence-electron chi connectivity index (χ4n) is 1.50. The van der Waals surface area contributed by atoms with Crippen LogP contribution in [-0.2, 0) is 9.53 Å². The van der Waals surface area contributed by atoms with Gasteiger partial charge in [-0.3, -0.25) is 20.2 Å². The van der Waals surface area contributed by atoms with E-state index in [9.17, 15) is 24.5 Å². The zero-order valence-corrected chi connectivity index (χ0v) is 12.9. The number of non-ortho nitro benzene ring substituents is 1. The van der Waals surface area contributed by atoms with Crippen LogP contribution >= 0.6 is 0 Å². The zero-order chi connectivity index (χ0) is 17.6. The number of nitrogens with zero attached hydrogens (tertiary/aromatic N) is 1. The van der Waals surface area contributed by atoms with Crippen LogP contribution in [0.25, 0.3) is 0 Å². The van der Waals surface area contributed by atoms with Gasteiger partial charge in [-0.15, -0.1) is 0 Å². The van der Waals surface area contributed by atoms with Crippen molar-refractivity contribution in [1.82, 2.24) is 10.6 Å². The van der Waals surface area contributed by atoms with Crippen molar-refractivity contribution in [2.75, 3.05) is 6.61 Å². The Kier molecular flexibility index (Phi) is 5.77. The van der Waals surface area contributed by atoms with Crippen LogP contribution in [0.4, 0.5) is 10.5 Å². The van der Waals surface area contributed by atoms with Gasteiger partial charge in [-0.1, -0.05) is 6.07 Å². The number of nitro benzene ring substituents is 1. The van der Waals surface area contributed by atoms with Crippen molar-refractivity contribution in [2.24, 2.45) is 0 Å². The SMILES string of the molecule is CC(C)(C)NC(=O)NC(=O)COC(=O)c1cccc([N+](=O)[O-])c1. The second-order valence-electron chi connectivity index (χ2n) is 5.64. The van der Waals surface area contributed by atoms with Crippen LogP contribution < -0.4 is 10.6 Å². The Balaban J connectivity index is 2.53. The second-order valence-corrected chi connectivity index (χ2v) is 5.64. The molecule has 0 aliphatic rings. The van der Waals surface area contributed by atoms with E-state index in [1.807, 2.05) is 5.32 Å². The van der Waals surface area contributed by atoms with E-state index in [4.69, 9.17) is 4.74 Å². The van der Waals surface area contributed by atoms with Gasteiger partial charge in [0.15, 0.2) is 6.61 Å². The minimum absolute atomic E-state index is 0.0638. The first-order valence-electron chi connectivity index (χ1n) is 6.62. The highest BCUT2D eigenvalue weighted by atomic mass is 16.6. The molecule has 0 bridgehead atoms. The number of amides is 3. The average molecular weight is 323 g/mol. The maximum Gasteiger partial charge on any atom is 0.338 e. The maximum absolute atomic E-state index is 11.7. The molecular formula is C14H17N3O6. The molecule has 9 heteroatoms. The summed E-state index contributed by atoms with van der Waals surface area (Å²) in [5, 5.41) is 15.1. The van der Waals surface area contributed by atoms with Crippen molar-refractivity contribution in [3.05, 3.63) is 39.9 Å². The summed E-state index contributed by atoms with van der Waals surface area (Å²) in [6.07, 6.45) is 0. The molecule has 0 spiro atoms. The molecule has 0 fully saturated rings. The predicted octanol–water partition coefficient (Wildman–Crippen LogP) is 1.38. The molecule has 0 aliphatic carbocycles. The van der Waals surface area contributed by atoms with Crippen LogP contribution in [0.15, 0.2) is 24.3 Å². The van der Waals surface area contributed by atoms with Crippen molar-refractivity contribution in [2.45, 2.75) is 26.3 Å². The largest absolute Gasteiger partial charge is 0.452 e. The Morgan fingerprint density at radius 2 is 1.91 bits per heavy atom. The fourth-order valence-corrected chi connectivity index (χ4v) is 1.50. The topological polar surface area (TPSA) is 128 Å². The van der Waals surface area contributed by atoms with Crippen LogP contribution in [0, 0.1) is 10.1 Å². The van der Waals surface area contributed by atoms with E-state index >= 15 is 0 Å². The van der Waals surface area contributed by atoms with Crippen LogP contribution in [0.1, 0.15) is 31.1 Å². The number of carbonyl (C=O) groups is 3. The van der Waals surface area contributed by atoms with Crippen molar-refractivity contribution in [1.29, 1.82) is 0 Å². The zero-order valence-electron chi connectivity index (χ0n) is 12.9. The maximum atomic E-state index is 11.7. The molecule has 0 atom stereocenters. The summed E-state index contributed by atoms with van der Waals surface area (Å²) in [4.78, 5) is 44.6. The van der Waals surface area contributed by atoms with Crippen LogP contribution in [0.5, 0.6) is 0 Å². The smallest absolute Gasteiger partial charge is 0.338 e. The van der Waals surface area contributed by atoms with Gasteiger partial charge in [-0.05, 0) is 26.8 Å². The molecule has 9 nitrogen and oxygen atoms in total. The van der Waals surface area contributed by atoms with Gasteiger partial charge in [0.2, 0.25) is 0 Å². The predicted molar refractivity (Wildman–Crippen MR) is 79.8 cm³/mol. The first-order valence-corrected chi connectivity index (χ1v) is 6.62. The molecule has 1 aromatic carbocycles. The lowest BCUT2D eigenvalue weighted by Crippen LogP contribution is -2.49. The number of hydrogen-bond acceptors (Lipinski definition) is 6. The number of carbonyl (C=O) groups excluding carboxylic acids is 3. The first kappa shape index (κ1) is 18.1. The van der Waals surface area contributed by atoms with Crippen LogP contribution in [0.2, 0.25) is 0 Å². The van der Waals surface area contributed by atoms with Crippen molar-refractivity contribution in [3.63, 3.8) is 0 Å². The lowest BCUT2D eigenvalue weighted by atomic mass is 10.1. The van der Waals surface area contributed by atoms with E-state index in [1.54, 1.807) is 20.8 Å². The number of rotatable bonds is 4. The van der Waals surface area contributed by atoms with E-state index in [2.05, 4.69) is 5.32 Å². The van der Waals surface area contributed by atoms with Crippen molar-refractivity contribution < 1.29 is 24.0 Å². The second kappa shape index (κ2) is 7.34. The third-order valence-corrected chi connectivity index (χ3v) is 2.37. The number of urea groups is 1. The first-order chi connectivity index (χ1) is 10.6. The van der Waals surface area contributed by atoms with Gasteiger partial charge in [0, 0.05) is 17.7 Å². The Labute approximate surface area is 132 Å². The van der Waals surface area contributed by atoms with Gasteiger partial charge < -0.3 is 10.1 Å². The molecule has 23 heavy (non-hydrogen) atoms. The minimum Gasteiger partial charge on any atom is -0.452 e. The quantitative estimate of drug-likeness (QED) is 0.489. The standard InChI is InChI=1S/C14H17N3O6/c1-14(2,3)16-13(20)15-11(18)8-23-12(19)9-5-4-6-10(7-9)17(21)22/h4-7H,8H2,1-3H3,(H2,15,16,18,20). The number of imide groups is 1. The molecule has 1 aromatic rings. The molecular weight excluding hydrogens is 306 g/mol. The lowest BCUT2D eigenvalue weighted by Gasteiger charge is -2.20. The highest BCUT2D eigenvalue weighted by Gasteiger charge is 2.17. The van der Waals surface area contributed by atoms with E-state index in [1.165, 1.54) is 18.2 Å². The van der Waals surface area contributed by atoms with E-state index in [0.29, 0.717) is 0 Å². The van der Waals surface area contributed by atoms with Gasteiger partial charge in [0.05, 0.1) is 10.5 Å².